The molecule has 0 amide bonds. The fourth-order valence-corrected chi connectivity index (χ4v) is 4.59. The van der Waals surface area contributed by atoms with Crippen LogP contribution in [0.2, 0.25) is 0 Å². The number of esters is 2. The summed E-state index contributed by atoms with van der Waals surface area (Å²) in [6.45, 7) is 6.89. The summed E-state index contributed by atoms with van der Waals surface area (Å²) in [5, 5.41) is 13.6. The van der Waals surface area contributed by atoms with E-state index in [0.717, 1.165) is 10.3 Å². The molecule has 1 atom stereocenters. The van der Waals surface area contributed by atoms with E-state index in [4.69, 9.17) is 18.9 Å². The molecule has 0 radical (unpaired) electrons. The minimum atomic E-state index is -1.40. The lowest BCUT2D eigenvalue weighted by Gasteiger charge is -2.35. The molecule has 1 aliphatic heterocycles. The SMILES string of the molecule is COc1ccc(C(c2n(Cc3ccccc3)c(C)c(C)[n+]2[O-])C2C(=O)OC(C)(C)OC2=O)cc1OC. The molecule has 9 nitrogen and oxygen atoms in total. The van der Waals surface area contributed by atoms with Crippen molar-refractivity contribution >= 4 is 11.9 Å². The van der Waals surface area contributed by atoms with Crippen molar-refractivity contribution in [2.45, 2.75) is 45.9 Å². The Balaban J connectivity index is 1.96. The summed E-state index contributed by atoms with van der Waals surface area (Å²) in [6, 6.07) is 14.7. The summed E-state index contributed by atoms with van der Waals surface area (Å²) in [5.41, 5.74) is 2.64. The maximum Gasteiger partial charge on any atom is 0.324 e. The summed E-state index contributed by atoms with van der Waals surface area (Å²) < 4.78 is 24.4. The van der Waals surface area contributed by atoms with E-state index in [1.165, 1.54) is 28.1 Å². The van der Waals surface area contributed by atoms with E-state index in [0.29, 0.717) is 35.0 Å². The maximum absolute atomic E-state index is 13.6. The number of cyclic esters (lactones) is 2. The molecule has 0 aliphatic carbocycles. The van der Waals surface area contributed by atoms with Gasteiger partial charge in [-0.25, -0.2) is 9.30 Å². The van der Waals surface area contributed by atoms with Crippen LogP contribution in [0.15, 0.2) is 48.5 Å². The Morgan fingerprint density at radius 1 is 1.00 bits per heavy atom. The van der Waals surface area contributed by atoms with Gasteiger partial charge < -0.3 is 24.2 Å². The lowest BCUT2D eigenvalue weighted by Crippen LogP contribution is -2.50. The number of methoxy groups -OCH3 is 2. The van der Waals surface area contributed by atoms with Crippen molar-refractivity contribution in [1.82, 2.24) is 4.57 Å². The van der Waals surface area contributed by atoms with Crippen molar-refractivity contribution in [2.24, 2.45) is 5.92 Å². The third-order valence-electron chi connectivity index (χ3n) is 6.48. The Bertz CT molecular complexity index is 1280. The van der Waals surface area contributed by atoms with Gasteiger partial charge in [-0.2, -0.15) is 0 Å². The molecule has 0 saturated carbocycles. The Morgan fingerprint density at radius 2 is 1.61 bits per heavy atom. The molecule has 0 bridgehead atoms. The number of carbonyl (C=O) groups excluding carboxylic acids is 2. The number of rotatable bonds is 7. The van der Waals surface area contributed by atoms with E-state index in [1.807, 2.05) is 41.8 Å². The van der Waals surface area contributed by atoms with E-state index < -0.39 is 29.6 Å². The predicted octanol–water partition coefficient (Wildman–Crippen LogP) is 3.39. The van der Waals surface area contributed by atoms with Crippen LogP contribution in [0, 0.1) is 25.0 Å². The molecular formula is C27H30N2O7. The number of hydrogen-bond donors (Lipinski definition) is 0. The molecule has 1 unspecified atom stereocenters. The van der Waals surface area contributed by atoms with Crippen molar-refractivity contribution in [3.8, 4) is 11.5 Å². The van der Waals surface area contributed by atoms with Crippen molar-refractivity contribution in [2.75, 3.05) is 14.2 Å². The zero-order chi connectivity index (χ0) is 26.2. The van der Waals surface area contributed by atoms with Gasteiger partial charge in [-0.05, 0) is 23.3 Å². The van der Waals surface area contributed by atoms with Gasteiger partial charge in [0.1, 0.15) is 23.9 Å². The molecule has 2 aromatic carbocycles. The van der Waals surface area contributed by atoms with Crippen LogP contribution in [0.4, 0.5) is 0 Å². The summed E-state index contributed by atoms with van der Waals surface area (Å²) in [7, 11) is 3.00. The van der Waals surface area contributed by atoms with Gasteiger partial charge in [0.05, 0.1) is 14.2 Å². The van der Waals surface area contributed by atoms with Gasteiger partial charge in [0.25, 0.3) is 11.6 Å². The molecule has 0 spiro atoms. The smallest absolute Gasteiger partial charge is 0.324 e. The molecular weight excluding hydrogens is 464 g/mol. The van der Waals surface area contributed by atoms with Gasteiger partial charge in [-0.15, -0.1) is 0 Å². The van der Waals surface area contributed by atoms with E-state index in [-0.39, 0.29) is 5.82 Å². The lowest BCUT2D eigenvalue weighted by atomic mass is 9.84. The molecule has 36 heavy (non-hydrogen) atoms. The first-order valence-electron chi connectivity index (χ1n) is 11.6. The second-order valence-corrected chi connectivity index (χ2v) is 9.21. The molecule has 9 heteroatoms. The van der Waals surface area contributed by atoms with Crippen LogP contribution in [0.1, 0.15) is 48.1 Å². The largest absolute Gasteiger partial charge is 0.711 e. The Labute approximate surface area is 209 Å². The third-order valence-corrected chi connectivity index (χ3v) is 6.48. The zero-order valence-electron chi connectivity index (χ0n) is 21.2. The van der Waals surface area contributed by atoms with Crippen molar-refractivity contribution < 1.29 is 33.3 Å². The molecule has 1 aromatic heterocycles. The number of hydrogen-bond acceptors (Lipinski definition) is 7. The monoisotopic (exact) mass is 494 g/mol. The van der Waals surface area contributed by atoms with Crippen LogP contribution in [0.3, 0.4) is 0 Å². The van der Waals surface area contributed by atoms with Crippen LogP contribution in [-0.4, -0.2) is 36.5 Å². The summed E-state index contributed by atoms with van der Waals surface area (Å²) in [6.07, 6.45) is 0. The molecule has 4 rings (SSSR count). The standard InChI is InChI=1S/C27H30N2O7/c1-16-17(2)29(32)24(28(16)15-18-10-8-7-9-11-18)22(19-12-13-20(33-5)21(14-19)34-6)23-25(30)35-27(3,4)36-26(23)31/h7-14,22-23H,15H2,1-6H3. The van der Waals surface area contributed by atoms with Gasteiger partial charge in [0, 0.05) is 27.7 Å². The highest BCUT2D eigenvalue weighted by Crippen LogP contribution is 2.40. The van der Waals surface area contributed by atoms with Gasteiger partial charge >= 0.3 is 11.9 Å². The molecule has 3 aromatic rings. The Hall–Kier alpha value is -4.01. The van der Waals surface area contributed by atoms with E-state index in [2.05, 4.69) is 0 Å². The maximum atomic E-state index is 13.6. The highest BCUT2D eigenvalue weighted by Gasteiger charge is 2.52. The highest BCUT2D eigenvalue weighted by atomic mass is 16.7. The average molecular weight is 495 g/mol. The number of benzene rings is 2. The summed E-state index contributed by atoms with van der Waals surface area (Å²) in [5.74, 6) is -4.27. The quantitative estimate of drug-likeness (QED) is 0.215. The van der Waals surface area contributed by atoms with Crippen LogP contribution in [-0.2, 0) is 25.6 Å². The van der Waals surface area contributed by atoms with Gasteiger partial charge in [0.15, 0.2) is 17.4 Å². The third kappa shape index (κ3) is 4.48. The number of nitrogens with zero attached hydrogens (tertiary/aromatic N) is 2. The summed E-state index contributed by atoms with van der Waals surface area (Å²) >= 11 is 0. The molecule has 1 fully saturated rings. The van der Waals surface area contributed by atoms with Gasteiger partial charge in [-0.3, -0.25) is 9.59 Å². The topological polar surface area (TPSA) is 103 Å². The number of ether oxygens (including phenoxy) is 4. The lowest BCUT2D eigenvalue weighted by molar-refractivity contribution is -0.621. The minimum Gasteiger partial charge on any atom is -0.711 e. The molecule has 0 N–H and O–H groups in total. The molecule has 1 aliphatic rings. The van der Waals surface area contributed by atoms with Crippen molar-refractivity contribution in [3.05, 3.63) is 82.1 Å². The number of carbonyl (C=O) groups is 2. The number of aromatic nitrogens is 2. The van der Waals surface area contributed by atoms with Crippen LogP contribution in [0.25, 0.3) is 0 Å². The minimum absolute atomic E-state index is 0.222. The molecule has 1 saturated heterocycles. The van der Waals surface area contributed by atoms with Crippen molar-refractivity contribution in [3.63, 3.8) is 0 Å². The van der Waals surface area contributed by atoms with Crippen LogP contribution >= 0.6 is 0 Å². The second-order valence-electron chi connectivity index (χ2n) is 9.21. The van der Waals surface area contributed by atoms with E-state index in [9.17, 15) is 14.8 Å². The second kappa shape index (κ2) is 9.56. The fourth-order valence-electron chi connectivity index (χ4n) is 4.59. The fraction of sp³-hybridized carbons (Fsp3) is 0.370. The first-order valence-corrected chi connectivity index (χ1v) is 11.6. The first kappa shape index (κ1) is 25.1. The van der Waals surface area contributed by atoms with Crippen LogP contribution in [0.5, 0.6) is 11.5 Å². The molecule has 2 heterocycles. The Morgan fingerprint density at radius 3 is 2.19 bits per heavy atom. The van der Waals surface area contributed by atoms with E-state index in [1.54, 1.807) is 25.1 Å². The predicted molar refractivity (Wildman–Crippen MR) is 130 cm³/mol. The van der Waals surface area contributed by atoms with Gasteiger partial charge in [0.2, 0.25) is 0 Å². The first-order chi connectivity index (χ1) is 17.1. The molecule has 190 valence electrons. The normalized spacial score (nSPS) is 16.3. The number of imidazole rings is 1. The Kier molecular flexibility index (Phi) is 6.67. The van der Waals surface area contributed by atoms with Crippen molar-refractivity contribution in [1.29, 1.82) is 0 Å². The van der Waals surface area contributed by atoms with Gasteiger partial charge in [-0.1, -0.05) is 36.4 Å². The highest BCUT2D eigenvalue weighted by molar-refractivity contribution is 5.98. The van der Waals surface area contributed by atoms with Crippen LogP contribution < -0.4 is 14.2 Å². The average Bonchev–Trinajstić information content (AvgIpc) is 3.04. The van der Waals surface area contributed by atoms with E-state index >= 15 is 0 Å². The summed E-state index contributed by atoms with van der Waals surface area (Å²) in [4.78, 5) is 26.5. The zero-order valence-corrected chi connectivity index (χ0v) is 21.2.